The van der Waals surface area contributed by atoms with E-state index in [0.29, 0.717) is 21.1 Å². The Labute approximate surface area is 140 Å². The van der Waals surface area contributed by atoms with E-state index in [2.05, 4.69) is 46.7 Å². The molecule has 7 heteroatoms. The van der Waals surface area contributed by atoms with Gasteiger partial charge in [-0.25, -0.2) is 13.1 Å². The van der Waals surface area contributed by atoms with E-state index in [1.165, 1.54) is 11.3 Å². The summed E-state index contributed by atoms with van der Waals surface area (Å²) in [6.07, 6.45) is 2.01. The van der Waals surface area contributed by atoms with Crippen LogP contribution in [0.5, 0.6) is 0 Å². The third kappa shape index (κ3) is 5.63. The van der Waals surface area contributed by atoms with Crippen LogP contribution in [0.3, 0.4) is 0 Å². The van der Waals surface area contributed by atoms with Gasteiger partial charge >= 0.3 is 0 Å². The molecule has 1 rings (SSSR count). The monoisotopic (exact) mass is 396 g/mol. The molecule has 0 spiro atoms. The molecule has 4 nitrogen and oxygen atoms in total. The fourth-order valence-electron chi connectivity index (χ4n) is 1.83. The predicted octanol–water partition coefficient (Wildman–Crippen LogP) is 3.72. The highest BCUT2D eigenvalue weighted by molar-refractivity contribution is 9.11. The largest absolute Gasteiger partial charge is 0.312 e. The van der Waals surface area contributed by atoms with Crippen molar-refractivity contribution >= 4 is 37.3 Å². The van der Waals surface area contributed by atoms with Gasteiger partial charge in [0.15, 0.2) is 0 Å². The minimum atomic E-state index is -3.47. The quantitative estimate of drug-likeness (QED) is 0.625. The highest BCUT2D eigenvalue weighted by Gasteiger charge is 2.24. The fraction of sp³-hybridized carbons (Fsp3) is 0.714. The fourth-order valence-corrected chi connectivity index (χ4v) is 5.84. The maximum absolute atomic E-state index is 12.5. The van der Waals surface area contributed by atoms with Crippen molar-refractivity contribution in [2.45, 2.75) is 58.0 Å². The van der Waals surface area contributed by atoms with Crippen LogP contribution in [0.25, 0.3) is 0 Å². The van der Waals surface area contributed by atoms with Crippen LogP contribution >= 0.6 is 27.3 Å². The molecule has 0 amide bonds. The van der Waals surface area contributed by atoms with Gasteiger partial charge in [0.1, 0.15) is 4.90 Å². The molecular formula is C14H25BrN2O2S2. The molecular weight excluding hydrogens is 372 g/mol. The summed E-state index contributed by atoms with van der Waals surface area (Å²) in [5, 5.41) is 3.29. The normalized spacial score (nSPS) is 15.1. The minimum Gasteiger partial charge on any atom is -0.312 e. The Balaban J connectivity index is 2.83. The van der Waals surface area contributed by atoms with Crippen molar-refractivity contribution in [3.05, 3.63) is 14.7 Å². The van der Waals surface area contributed by atoms with Crippen LogP contribution in [0, 0.1) is 5.92 Å². The van der Waals surface area contributed by atoms with E-state index in [1.54, 1.807) is 6.07 Å². The Bertz CT molecular complexity index is 543. The highest BCUT2D eigenvalue weighted by atomic mass is 79.9. The van der Waals surface area contributed by atoms with E-state index in [-0.39, 0.29) is 6.04 Å². The number of thiophene rings is 1. The third-order valence-electron chi connectivity index (χ3n) is 3.56. The number of halogens is 1. The van der Waals surface area contributed by atoms with Gasteiger partial charge in [-0.3, -0.25) is 0 Å². The zero-order valence-corrected chi connectivity index (χ0v) is 16.3. The summed E-state index contributed by atoms with van der Waals surface area (Å²) in [6, 6.07) is 1.68. The second-order valence-electron chi connectivity index (χ2n) is 5.32. The van der Waals surface area contributed by atoms with E-state index < -0.39 is 10.0 Å². The first kappa shape index (κ1) is 19.1. The van der Waals surface area contributed by atoms with Crippen LogP contribution in [-0.2, 0) is 16.6 Å². The number of sulfonamides is 1. The molecule has 0 fully saturated rings. The summed E-state index contributed by atoms with van der Waals surface area (Å²) < 4.78 is 28.4. The van der Waals surface area contributed by atoms with Crippen LogP contribution in [0.1, 0.15) is 45.4 Å². The molecule has 1 heterocycles. The highest BCUT2D eigenvalue weighted by Crippen LogP contribution is 2.32. The SMILES string of the molecule is CCCNCc1cc(S(=O)(=O)NC(C)C(C)CC)c(Br)s1. The summed E-state index contributed by atoms with van der Waals surface area (Å²) >= 11 is 4.85. The molecule has 0 radical (unpaired) electrons. The van der Waals surface area contributed by atoms with Crippen molar-refractivity contribution in [3.63, 3.8) is 0 Å². The van der Waals surface area contributed by atoms with Crippen LogP contribution in [-0.4, -0.2) is 21.0 Å². The molecule has 0 aliphatic heterocycles. The second-order valence-corrected chi connectivity index (χ2v) is 9.46. The smallest absolute Gasteiger partial charge is 0.242 e. The van der Waals surface area contributed by atoms with Gasteiger partial charge in [-0.1, -0.05) is 27.2 Å². The minimum absolute atomic E-state index is 0.0755. The van der Waals surface area contributed by atoms with Gasteiger partial charge in [0.2, 0.25) is 10.0 Å². The van der Waals surface area contributed by atoms with Crippen molar-refractivity contribution in [1.82, 2.24) is 10.0 Å². The lowest BCUT2D eigenvalue weighted by Gasteiger charge is -2.19. The van der Waals surface area contributed by atoms with Crippen LogP contribution in [0.4, 0.5) is 0 Å². The van der Waals surface area contributed by atoms with E-state index in [0.717, 1.165) is 24.3 Å². The standard InChI is InChI=1S/C14H25BrN2O2S2/c1-5-7-16-9-12-8-13(14(15)20-12)21(18,19)17-11(4)10(3)6-2/h8,10-11,16-17H,5-7,9H2,1-4H3. The molecule has 2 atom stereocenters. The van der Waals surface area contributed by atoms with E-state index >= 15 is 0 Å². The van der Waals surface area contributed by atoms with Crippen molar-refractivity contribution in [2.24, 2.45) is 5.92 Å². The molecule has 0 aliphatic carbocycles. The molecule has 1 aromatic heterocycles. The van der Waals surface area contributed by atoms with Crippen LogP contribution < -0.4 is 10.0 Å². The Morgan fingerprint density at radius 2 is 2.00 bits per heavy atom. The topological polar surface area (TPSA) is 58.2 Å². The van der Waals surface area contributed by atoms with Crippen molar-refractivity contribution in [3.8, 4) is 0 Å². The molecule has 2 unspecified atom stereocenters. The van der Waals surface area contributed by atoms with E-state index in [9.17, 15) is 8.42 Å². The first-order valence-corrected chi connectivity index (χ1v) is 10.4. The third-order valence-corrected chi connectivity index (χ3v) is 7.37. The summed E-state index contributed by atoms with van der Waals surface area (Å²) in [5.41, 5.74) is 0. The van der Waals surface area contributed by atoms with Crippen LogP contribution in [0.15, 0.2) is 14.7 Å². The van der Waals surface area contributed by atoms with Gasteiger partial charge in [0.25, 0.3) is 0 Å². The molecule has 1 aromatic rings. The van der Waals surface area contributed by atoms with Crippen molar-refractivity contribution in [1.29, 1.82) is 0 Å². The molecule has 0 saturated carbocycles. The lowest BCUT2D eigenvalue weighted by molar-refractivity contribution is 0.434. The Morgan fingerprint density at radius 3 is 2.57 bits per heavy atom. The average molecular weight is 397 g/mol. The summed E-state index contributed by atoms with van der Waals surface area (Å²) in [6.45, 7) is 9.76. The van der Waals surface area contributed by atoms with Gasteiger partial charge in [-0.2, -0.15) is 0 Å². The lowest BCUT2D eigenvalue weighted by atomic mass is 10.0. The van der Waals surface area contributed by atoms with Crippen LogP contribution in [0.2, 0.25) is 0 Å². The molecule has 2 N–H and O–H groups in total. The summed E-state index contributed by atoms with van der Waals surface area (Å²) in [7, 11) is -3.47. The van der Waals surface area contributed by atoms with E-state index in [4.69, 9.17) is 0 Å². The maximum atomic E-state index is 12.5. The van der Waals surface area contributed by atoms with Gasteiger partial charge in [-0.15, -0.1) is 11.3 Å². The number of hydrogen-bond acceptors (Lipinski definition) is 4. The Hall–Kier alpha value is 0.0500. The first-order chi connectivity index (χ1) is 9.81. The van der Waals surface area contributed by atoms with E-state index in [1.807, 2.05) is 6.92 Å². The zero-order valence-electron chi connectivity index (χ0n) is 13.1. The number of nitrogens with one attached hydrogen (secondary N) is 2. The second kappa shape index (κ2) is 8.62. The van der Waals surface area contributed by atoms with Gasteiger partial charge in [-0.05, 0) is 47.8 Å². The summed E-state index contributed by atoms with van der Waals surface area (Å²) in [5.74, 6) is 0.308. The van der Waals surface area contributed by atoms with Crippen molar-refractivity contribution in [2.75, 3.05) is 6.54 Å². The van der Waals surface area contributed by atoms with Crippen molar-refractivity contribution < 1.29 is 8.42 Å². The van der Waals surface area contributed by atoms with Gasteiger partial charge in [0, 0.05) is 17.5 Å². The summed E-state index contributed by atoms with van der Waals surface area (Å²) in [4.78, 5) is 1.36. The Kier molecular flexibility index (Phi) is 7.84. The predicted molar refractivity (Wildman–Crippen MR) is 93.3 cm³/mol. The molecule has 0 bridgehead atoms. The first-order valence-electron chi connectivity index (χ1n) is 7.33. The van der Waals surface area contributed by atoms with Gasteiger partial charge < -0.3 is 5.32 Å². The molecule has 122 valence electrons. The lowest BCUT2D eigenvalue weighted by Crippen LogP contribution is -2.36. The Morgan fingerprint density at radius 1 is 1.33 bits per heavy atom. The number of hydrogen-bond donors (Lipinski definition) is 2. The number of rotatable bonds is 9. The maximum Gasteiger partial charge on any atom is 0.242 e. The molecule has 0 saturated heterocycles. The molecule has 0 aliphatic rings. The molecule has 0 aromatic carbocycles. The zero-order chi connectivity index (χ0) is 16.0. The van der Waals surface area contributed by atoms with Gasteiger partial charge in [0.05, 0.1) is 3.79 Å². The molecule has 21 heavy (non-hydrogen) atoms. The average Bonchev–Trinajstić information content (AvgIpc) is 2.79.